The number of carbonyl (C=O) groups is 1. The zero-order valence-corrected chi connectivity index (χ0v) is 16.8. The molecule has 0 radical (unpaired) electrons. The molecule has 3 rings (SSSR count). The summed E-state index contributed by atoms with van der Waals surface area (Å²) in [7, 11) is 0. The van der Waals surface area contributed by atoms with Gasteiger partial charge in [0.2, 0.25) is 0 Å². The van der Waals surface area contributed by atoms with E-state index < -0.39 is 5.60 Å². The van der Waals surface area contributed by atoms with Crippen LogP contribution in [0.1, 0.15) is 63.3 Å². The van der Waals surface area contributed by atoms with Crippen LogP contribution in [0, 0.1) is 6.92 Å². The first-order valence-electron chi connectivity index (χ1n) is 9.78. The lowest BCUT2D eigenvalue weighted by Gasteiger charge is -2.27. The molecule has 1 aromatic heterocycles. The van der Waals surface area contributed by atoms with Gasteiger partial charge in [-0.3, -0.25) is 9.58 Å². The third-order valence-electron chi connectivity index (χ3n) is 4.73. The maximum Gasteiger partial charge on any atom is 0.410 e. The molecule has 2 aromatic rings. The summed E-state index contributed by atoms with van der Waals surface area (Å²) >= 11 is 0. The quantitative estimate of drug-likeness (QED) is 0.788. The third kappa shape index (κ3) is 5.08. The average molecular weight is 370 g/mol. The van der Waals surface area contributed by atoms with Crippen LogP contribution >= 0.6 is 0 Å². The molecule has 1 atom stereocenters. The van der Waals surface area contributed by atoms with E-state index in [1.54, 1.807) is 4.90 Å². The molecular formula is C21H30N4O2. The second-order valence-electron chi connectivity index (χ2n) is 8.16. The van der Waals surface area contributed by atoms with Crippen LogP contribution in [-0.4, -0.2) is 37.9 Å². The predicted octanol–water partition coefficient (Wildman–Crippen LogP) is 4.29. The van der Waals surface area contributed by atoms with Gasteiger partial charge >= 0.3 is 6.09 Å². The molecule has 1 aliphatic rings. The lowest BCUT2D eigenvalue weighted by atomic mass is 10.1. The minimum Gasteiger partial charge on any atom is -0.444 e. The SMILES string of the molecule is Cc1nc(C2CCCN2C(=O)OC(C)(C)C)nn1CCCc1ccccc1. The lowest BCUT2D eigenvalue weighted by Crippen LogP contribution is -2.36. The molecule has 6 heteroatoms. The summed E-state index contributed by atoms with van der Waals surface area (Å²) < 4.78 is 7.51. The van der Waals surface area contributed by atoms with Gasteiger partial charge in [-0.1, -0.05) is 30.3 Å². The Bertz CT molecular complexity index is 764. The number of hydrogen-bond acceptors (Lipinski definition) is 4. The number of rotatable bonds is 5. The molecule has 1 aromatic carbocycles. The standard InChI is InChI=1S/C21H30N4O2/c1-16-22-19(18-13-9-14-24(18)20(26)27-21(2,3)4)23-25(16)15-8-12-17-10-6-5-7-11-17/h5-7,10-11,18H,8-9,12-15H2,1-4H3. The smallest absolute Gasteiger partial charge is 0.410 e. The maximum atomic E-state index is 12.5. The molecule has 0 bridgehead atoms. The first-order chi connectivity index (χ1) is 12.8. The lowest BCUT2D eigenvalue weighted by molar-refractivity contribution is 0.0218. The molecule has 6 nitrogen and oxygen atoms in total. The Morgan fingerprint density at radius 3 is 2.70 bits per heavy atom. The van der Waals surface area contributed by atoms with Crippen molar-refractivity contribution in [2.75, 3.05) is 6.54 Å². The van der Waals surface area contributed by atoms with Gasteiger partial charge in [0.1, 0.15) is 11.4 Å². The van der Waals surface area contributed by atoms with Crippen molar-refractivity contribution in [3.8, 4) is 0 Å². The Balaban J connectivity index is 1.63. The molecule has 0 aliphatic carbocycles. The summed E-state index contributed by atoms with van der Waals surface area (Å²) in [5, 5.41) is 4.71. The molecule has 1 unspecified atom stereocenters. The molecule has 1 fully saturated rings. The van der Waals surface area contributed by atoms with Gasteiger partial charge in [0.15, 0.2) is 5.82 Å². The fourth-order valence-corrected chi connectivity index (χ4v) is 3.45. The molecule has 27 heavy (non-hydrogen) atoms. The van der Waals surface area contributed by atoms with E-state index in [1.807, 2.05) is 38.4 Å². The normalized spacial score (nSPS) is 17.3. The Labute approximate surface area is 161 Å². The van der Waals surface area contributed by atoms with Crippen molar-refractivity contribution < 1.29 is 9.53 Å². The van der Waals surface area contributed by atoms with Crippen LogP contribution in [0.2, 0.25) is 0 Å². The van der Waals surface area contributed by atoms with Gasteiger partial charge in [-0.15, -0.1) is 0 Å². The number of nitrogens with zero attached hydrogens (tertiary/aromatic N) is 4. The number of carbonyl (C=O) groups excluding carboxylic acids is 1. The van der Waals surface area contributed by atoms with E-state index in [0.717, 1.165) is 43.9 Å². The first kappa shape index (κ1) is 19.4. The van der Waals surface area contributed by atoms with Crippen molar-refractivity contribution in [2.24, 2.45) is 0 Å². The van der Waals surface area contributed by atoms with Gasteiger partial charge in [-0.05, 0) is 58.9 Å². The van der Waals surface area contributed by atoms with Gasteiger partial charge in [-0.25, -0.2) is 9.78 Å². The maximum absolute atomic E-state index is 12.5. The van der Waals surface area contributed by atoms with Crippen molar-refractivity contribution in [1.82, 2.24) is 19.7 Å². The number of ether oxygens (including phenoxy) is 1. The van der Waals surface area contributed by atoms with Crippen LogP contribution < -0.4 is 0 Å². The van der Waals surface area contributed by atoms with Crippen molar-refractivity contribution in [2.45, 2.75) is 71.6 Å². The molecule has 146 valence electrons. The highest BCUT2D eigenvalue weighted by Gasteiger charge is 2.35. The monoisotopic (exact) mass is 370 g/mol. The van der Waals surface area contributed by atoms with E-state index in [9.17, 15) is 4.79 Å². The summed E-state index contributed by atoms with van der Waals surface area (Å²) in [6, 6.07) is 10.4. The Hall–Kier alpha value is -2.37. The van der Waals surface area contributed by atoms with Crippen LogP contribution in [-0.2, 0) is 17.7 Å². The second-order valence-corrected chi connectivity index (χ2v) is 8.16. The van der Waals surface area contributed by atoms with Gasteiger partial charge in [0.25, 0.3) is 0 Å². The summed E-state index contributed by atoms with van der Waals surface area (Å²) in [5.74, 6) is 1.63. The highest BCUT2D eigenvalue weighted by Crippen LogP contribution is 2.31. The Morgan fingerprint density at radius 2 is 2.00 bits per heavy atom. The molecule has 1 aliphatic heterocycles. The fraction of sp³-hybridized carbons (Fsp3) is 0.571. The molecule has 0 N–H and O–H groups in total. The predicted molar refractivity (Wildman–Crippen MR) is 104 cm³/mol. The average Bonchev–Trinajstić information content (AvgIpc) is 3.21. The van der Waals surface area contributed by atoms with E-state index in [4.69, 9.17) is 9.84 Å². The molecule has 1 saturated heterocycles. The van der Waals surface area contributed by atoms with Crippen LogP contribution in [0.3, 0.4) is 0 Å². The molecule has 0 spiro atoms. The zero-order chi connectivity index (χ0) is 19.4. The van der Waals surface area contributed by atoms with Crippen molar-refractivity contribution >= 4 is 6.09 Å². The minimum atomic E-state index is -0.496. The fourth-order valence-electron chi connectivity index (χ4n) is 3.45. The summed E-state index contributed by atoms with van der Waals surface area (Å²) in [6.45, 7) is 9.17. The number of aromatic nitrogens is 3. The number of benzene rings is 1. The Kier molecular flexibility index (Phi) is 5.82. The number of aryl methyl sites for hydroxylation is 3. The highest BCUT2D eigenvalue weighted by atomic mass is 16.6. The van der Waals surface area contributed by atoms with E-state index in [-0.39, 0.29) is 12.1 Å². The van der Waals surface area contributed by atoms with Crippen LogP contribution in [0.5, 0.6) is 0 Å². The molecular weight excluding hydrogens is 340 g/mol. The zero-order valence-electron chi connectivity index (χ0n) is 16.8. The van der Waals surface area contributed by atoms with Gasteiger partial charge in [0, 0.05) is 13.1 Å². The third-order valence-corrected chi connectivity index (χ3v) is 4.73. The van der Waals surface area contributed by atoms with Gasteiger partial charge < -0.3 is 4.74 Å². The van der Waals surface area contributed by atoms with E-state index >= 15 is 0 Å². The van der Waals surface area contributed by atoms with Gasteiger partial charge in [0.05, 0.1) is 6.04 Å². The summed E-state index contributed by atoms with van der Waals surface area (Å²) in [4.78, 5) is 18.9. The number of hydrogen-bond donors (Lipinski definition) is 0. The van der Waals surface area contributed by atoms with Crippen molar-refractivity contribution in [1.29, 1.82) is 0 Å². The summed E-state index contributed by atoms with van der Waals surface area (Å²) in [5.41, 5.74) is 0.840. The molecule has 0 saturated carbocycles. The number of likely N-dealkylation sites (tertiary alicyclic amines) is 1. The topological polar surface area (TPSA) is 60.3 Å². The van der Waals surface area contributed by atoms with Crippen LogP contribution in [0.15, 0.2) is 30.3 Å². The van der Waals surface area contributed by atoms with E-state index in [2.05, 4.69) is 29.2 Å². The van der Waals surface area contributed by atoms with Crippen molar-refractivity contribution in [3.05, 3.63) is 47.5 Å². The van der Waals surface area contributed by atoms with E-state index in [0.29, 0.717) is 6.54 Å². The van der Waals surface area contributed by atoms with Crippen LogP contribution in [0.4, 0.5) is 4.79 Å². The molecule has 2 heterocycles. The molecule has 1 amide bonds. The van der Waals surface area contributed by atoms with Crippen molar-refractivity contribution in [3.63, 3.8) is 0 Å². The van der Waals surface area contributed by atoms with Crippen LogP contribution in [0.25, 0.3) is 0 Å². The minimum absolute atomic E-state index is 0.0890. The summed E-state index contributed by atoms with van der Waals surface area (Å²) in [6.07, 6.45) is 3.58. The van der Waals surface area contributed by atoms with E-state index in [1.165, 1.54) is 5.56 Å². The second kappa shape index (κ2) is 8.11. The highest BCUT2D eigenvalue weighted by molar-refractivity contribution is 5.69. The van der Waals surface area contributed by atoms with Gasteiger partial charge in [-0.2, -0.15) is 5.10 Å². The largest absolute Gasteiger partial charge is 0.444 e. The Morgan fingerprint density at radius 1 is 1.26 bits per heavy atom. The number of amides is 1. The first-order valence-corrected chi connectivity index (χ1v) is 9.78.